The van der Waals surface area contributed by atoms with E-state index in [2.05, 4.69) is 467 Å². The topological polar surface area (TPSA) is 22.9 Å². The molecule has 0 bridgehead atoms. The molecule has 4 nitrogen and oxygen atoms in total. The summed E-state index contributed by atoms with van der Waals surface area (Å²) in [6.45, 7) is 9.46. The molecule has 0 aliphatic heterocycles. The molecular formula is C120H83N3OS. The maximum absolute atomic E-state index is 6.26. The van der Waals surface area contributed by atoms with E-state index in [9.17, 15) is 0 Å². The number of furan rings is 1. The van der Waals surface area contributed by atoms with Gasteiger partial charge < -0.3 is 19.1 Å². The van der Waals surface area contributed by atoms with Crippen LogP contribution in [0.2, 0.25) is 0 Å². The summed E-state index contributed by atoms with van der Waals surface area (Å²) >= 11 is 1.87. The summed E-state index contributed by atoms with van der Waals surface area (Å²) in [7, 11) is 0. The molecule has 0 spiro atoms. The molecule has 0 N–H and O–H groups in total. The Balaban J connectivity index is 0.000000106. The van der Waals surface area contributed by atoms with Crippen LogP contribution in [0.5, 0.6) is 0 Å². The number of hydrogen-bond donors (Lipinski definition) is 0. The number of anilines is 9. The van der Waals surface area contributed by atoms with E-state index in [1.54, 1.807) is 0 Å². The summed E-state index contributed by atoms with van der Waals surface area (Å²) in [5.74, 6) is 0. The minimum atomic E-state index is -0.0386. The highest BCUT2D eigenvalue weighted by atomic mass is 32.1. The normalized spacial score (nSPS) is 12.9. The Morgan fingerprint density at radius 1 is 0.200 bits per heavy atom. The lowest BCUT2D eigenvalue weighted by atomic mass is 9.81. The van der Waals surface area contributed by atoms with E-state index in [0.29, 0.717) is 0 Å². The highest BCUT2D eigenvalue weighted by Crippen LogP contribution is 2.57. The Hall–Kier alpha value is -15.4. The third kappa shape index (κ3) is 11.9. The van der Waals surface area contributed by atoms with Gasteiger partial charge in [0.05, 0.1) is 5.69 Å². The second-order valence-electron chi connectivity index (χ2n) is 34.5. The van der Waals surface area contributed by atoms with Crippen molar-refractivity contribution in [3.8, 4) is 22.3 Å². The van der Waals surface area contributed by atoms with Gasteiger partial charge in [-0.2, -0.15) is 0 Å². The number of rotatable bonds is 9. The first-order valence-electron chi connectivity index (χ1n) is 43.3. The van der Waals surface area contributed by atoms with Gasteiger partial charge in [-0.1, -0.05) is 331 Å². The molecule has 5 heteroatoms. The third-order valence-corrected chi connectivity index (χ3v) is 27.9. The van der Waals surface area contributed by atoms with Gasteiger partial charge in [0.25, 0.3) is 0 Å². The van der Waals surface area contributed by atoms with Gasteiger partial charge in [0.15, 0.2) is 0 Å². The van der Waals surface area contributed by atoms with Crippen LogP contribution in [0, 0.1) is 0 Å². The highest BCUT2D eigenvalue weighted by Gasteiger charge is 2.39. The van der Waals surface area contributed by atoms with Crippen molar-refractivity contribution in [3.05, 3.63) is 453 Å². The molecular weight excluding hydrogens is 1530 g/mol. The molecule has 0 amide bonds. The predicted molar refractivity (Wildman–Crippen MR) is 536 cm³/mol. The molecule has 2 heterocycles. The van der Waals surface area contributed by atoms with Crippen LogP contribution in [0.1, 0.15) is 49.9 Å². The number of thiophene rings is 1. The van der Waals surface area contributed by atoms with Gasteiger partial charge >= 0.3 is 0 Å². The van der Waals surface area contributed by atoms with Gasteiger partial charge in [-0.15, -0.1) is 11.3 Å². The van der Waals surface area contributed by atoms with Crippen molar-refractivity contribution in [2.45, 2.75) is 38.5 Å². The SMILES string of the molecule is CC1(C)c2ccccc2-c2c1ccc1ccc3ccc4cc(N(c5ccccc5)c5cccc6sc7ccccc7c56)ccc4c3c21.CC1(C)c2ccccc2-c2c1ccc1ccc3ccc4cc(N(c5ccccc5)c5ccccc5)ccc4c3c21.c1ccc(N(c2ccccc2)c2ccc3c(ccc4ccc5ccc6oc7ccccc7c6c5c43)c2)cc1. The standard InChI is InChI=1S/C45H31NS.C39H29N.C36H23NO/c1-45(2)36-15-8-6-13-34(36)43-37(45)26-23-29-20-19-28-21-22-30-27-32(24-25-33(30)41(28)42(29)43)46(31-11-4-3-5-12-31)38-16-10-18-40-44(38)35-14-7-9-17-39(35)47-40;1-39(2)34-16-10-9-15-33(34)38-35(39)24-21-27-18-17-26-19-20-28-25-31(22-23-32(28)36(26)37(27)38)40(29-11-5-3-6-12-29)30-13-7-4-8-14-30;1-3-9-27(10-4-1)37(28-11-5-2-6-12-28)29-20-21-30-26(23-29)18-17-24-15-16-25-19-22-33-36(35(25)34(24)30)31-13-7-8-14-32(31)38-33/h3-27H,1-2H3;3-25H,1-2H3;1-23H. The lowest BCUT2D eigenvalue weighted by Crippen LogP contribution is -2.14. The maximum atomic E-state index is 6.26. The molecule has 0 saturated carbocycles. The first-order valence-corrected chi connectivity index (χ1v) is 44.2. The van der Waals surface area contributed by atoms with Crippen molar-refractivity contribution in [1.29, 1.82) is 0 Å². The van der Waals surface area contributed by atoms with Crippen LogP contribution in [-0.2, 0) is 10.8 Å². The second kappa shape index (κ2) is 29.2. The van der Waals surface area contributed by atoms with Crippen molar-refractivity contribution in [2.24, 2.45) is 0 Å². The van der Waals surface area contributed by atoms with Crippen LogP contribution in [0.25, 0.3) is 161 Å². The Bertz CT molecular complexity index is 8410. The van der Waals surface area contributed by atoms with E-state index in [1.165, 1.54) is 173 Å². The smallest absolute Gasteiger partial charge is 0.136 e. The van der Waals surface area contributed by atoms with Gasteiger partial charge in [0.1, 0.15) is 11.2 Å². The van der Waals surface area contributed by atoms with Crippen molar-refractivity contribution >= 4 is 202 Å². The Morgan fingerprint density at radius 3 is 0.992 bits per heavy atom. The van der Waals surface area contributed by atoms with Crippen LogP contribution in [0.4, 0.5) is 51.2 Å². The van der Waals surface area contributed by atoms with Crippen LogP contribution in [0.15, 0.2) is 435 Å². The summed E-state index contributed by atoms with van der Waals surface area (Å²) in [6.07, 6.45) is 0. The fourth-order valence-electron chi connectivity index (χ4n) is 21.0. The zero-order valence-corrected chi connectivity index (χ0v) is 70.5. The Morgan fingerprint density at radius 2 is 0.536 bits per heavy atom. The first kappa shape index (κ1) is 73.5. The van der Waals surface area contributed by atoms with Crippen molar-refractivity contribution in [2.75, 3.05) is 14.7 Å². The number of fused-ring (bicyclic) bond motifs is 30. The summed E-state index contributed by atoms with van der Waals surface area (Å²) in [6, 6.07) is 157. The molecule has 0 fully saturated rings. The van der Waals surface area contributed by atoms with Crippen LogP contribution in [-0.4, -0.2) is 0 Å². The fourth-order valence-corrected chi connectivity index (χ4v) is 22.2. The van der Waals surface area contributed by atoms with Crippen LogP contribution < -0.4 is 14.7 Å². The molecule has 0 atom stereocenters. The number of benzene rings is 22. The van der Waals surface area contributed by atoms with E-state index >= 15 is 0 Å². The summed E-state index contributed by atoms with van der Waals surface area (Å²) < 4.78 is 8.89. The number of nitrogens with zero attached hydrogens (tertiary/aromatic N) is 3. The molecule has 2 aliphatic carbocycles. The molecule has 2 aromatic heterocycles. The number of hydrogen-bond acceptors (Lipinski definition) is 5. The van der Waals surface area contributed by atoms with E-state index in [-0.39, 0.29) is 10.8 Å². The molecule has 0 radical (unpaired) electrons. The Labute approximate surface area is 729 Å². The molecule has 125 heavy (non-hydrogen) atoms. The molecule has 26 rings (SSSR count). The molecule has 22 aromatic carbocycles. The zero-order chi connectivity index (χ0) is 83.2. The average Bonchev–Trinajstić information content (AvgIpc) is 1.57. The predicted octanol–water partition coefficient (Wildman–Crippen LogP) is 34.7. The van der Waals surface area contributed by atoms with Crippen LogP contribution >= 0.6 is 11.3 Å². The monoisotopic (exact) mass is 1610 g/mol. The highest BCUT2D eigenvalue weighted by molar-refractivity contribution is 7.26. The largest absolute Gasteiger partial charge is 0.456 e. The van der Waals surface area contributed by atoms with Crippen molar-refractivity contribution < 1.29 is 4.42 Å². The molecule has 2 aliphatic rings. The lowest BCUT2D eigenvalue weighted by Gasteiger charge is -2.27. The summed E-state index contributed by atoms with van der Waals surface area (Å²) in [4.78, 5) is 7.09. The van der Waals surface area contributed by atoms with E-state index < -0.39 is 0 Å². The lowest BCUT2D eigenvalue weighted by molar-refractivity contribution is 0.660. The zero-order valence-electron chi connectivity index (χ0n) is 69.7. The minimum Gasteiger partial charge on any atom is -0.456 e. The second-order valence-corrected chi connectivity index (χ2v) is 35.6. The van der Waals surface area contributed by atoms with Gasteiger partial charge in [-0.05, 0) is 263 Å². The number of para-hydroxylation sites is 6. The molecule has 24 aromatic rings. The molecule has 590 valence electrons. The van der Waals surface area contributed by atoms with Crippen molar-refractivity contribution in [1.82, 2.24) is 0 Å². The van der Waals surface area contributed by atoms with Gasteiger partial charge in [-0.3, -0.25) is 0 Å². The fraction of sp³-hybridized carbons (Fsp3) is 0.0500. The third-order valence-electron chi connectivity index (χ3n) is 26.8. The van der Waals surface area contributed by atoms with Gasteiger partial charge in [0.2, 0.25) is 0 Å². The molecule has 0 saturated heterocycles. The first-order chi connectivity index (χ1) is 61.5. The summed E-state index contributed by atoms with van der Waals surface area (Å²) in [5, 5.41) is 28.1. The Kier molecular flexibility index (Phi) is 17.2. The minimum absolute atomic E-state index is 0.0219. The quantitative estimate of drug-likeness (QED) is 0.134. The maximum Gasteiger partial charge on any atom is 0.136 e. The van der Waals surface area contributed by atoms with E-state index in [4.69, 9.17) is 4.42 Å². The summed E-state index contributed by atoms with van der Waals surface area (Å²) in [5.41, 5.74) is 23.3. The van der Waals surface area contributed by atoms with Crippen LogP contribution in [0.3, 0.4) is 0 Å². The molecule has 0 unspecified atom stereocenters. The van der Waals surface area contributed by atoms with E-state index in [0.717, 1.165) is 62.1 Å². The van der Waals surface area contributed by atoms with E-state index in [1.807, 2.05) is 17.4 Å². The van der Waals surface area contributed by atoms with Gasteiger partial charge in [-0.25, -0.2) is 0 Å². The average molecular weight is 1620 g/mol. The van der Waals surface area contributed by atoms with Crippen molar-refractivity contribution in [3.63, 3.8) is 0 Å². The van der Waals surface area contributed by atoms with Gasteiger partial charge in [0, 0.05) is 92.7 Å².